The van der Waals surface area contributed by atoms with Crippen LogP contribution >= 0.6 is 0 Å². The molecule has 1 aliphatic rings. The summed E-state index contributed by atoms with van der Waals surface area (Å²) in [6.07, 6.45) is 1.15. The summed E-state index contributed by atoms with van der Waals surface area (Å²) in [6.45, 7) is 2.15. The Balaban J connectivity index is 0.00000121. The lowest BCUT2D eigenvalue weighted by Crippen LogP contribution is -2.32. The van der Waals surface area contributed by atoms with E-state index in [1.165, 1.54) is 0 Å². The molecule has 0 unspecified atom stereocenters. The molecule has 1 saturated heterocycles. The predicted molar refractivity (Wildman–Crippen MR) is 55.8 cm³/mol. The Hall–Kier alpha value is 0.668. The van der Waals surface area contributed by atoms with Crippen LogP contribution in [0, 0.1) is 0 Å². The summed E-state index contributed by atoms with van der Waals surface area (Å²) >= 11 is 0. The van der Waals surface area contributed by atoms with Gasteiger partial charge in [0.05, 0.1) is 0 Å². The van der Waals surface area contributed by atoms with Gasteiger partial charge in [-0.05, 0) is 6.04 Å². The van der Waals surface area contributed by atoms with Gasteiger partial charge in [0.15, 0.2) is 0 Å². The molecule has 1 heterocycles. The van der Waals surface area contributed by atoms with Crippen LogP contribution in [0.5, 0.6) is 0 Å². The van der Waals surface area contributed by atoms with Crippen LogP contribution < -0.4 is 0 Å². The van der Waals surface area contributed by atoms with Crippen molar-refractivity contribution in [3.8, 4) is 0 Å². The van der Waals surface area contributed by atoms with Crippen molar-refractivity contribution in [3.05, 3.63) is 0 Å². The molecule has 0 atom stereocenters. The van der Waals surface area contributed by atoms with Gasteiger partial charge in [0.25, 0.3) is 30.0 Å². The van der Waals surface area contributed by atoms with Crippen LogP contribution in [0.2, 0.25) is 6.04 Å². The van der Waals surface area contributed by atoms with E-state index < -0.39 is 39.3 Å². The fourth-order valence-electron chi connectivity index (χ4n) is 0.825. The summed E-state index contributed by atoms with van der Waals surface area (Å²) in [6, 6.07) is 1.11. The minimum absolute atomic E-state index is 0. The van der Waals surface area contributed by atoms with Crippen LogP contribution in [0.3, 0.4) is 0 Å². The fraction of sp³-hybridized carbons (Fsp3) is 1.00. The average molecular weight is 244 g/mol. The van der Waals surface area contributed by atoms with Gasteiger partial charge < -0.3 is 21.9 Å². The highest BCUT2D eigenvalue weighted by Gasteiger charge is 2.13. The summed E-state index contributed by atoms with van der Waals surface area (Å²) < 4.78 is 21.6. The van der Waals surface area contributed by atoms with E-state index in [0.717, 1.165) is 12.5 Å². The second kappa shape index (κ2) is 8.27. The number of hydrogen-bond donors (Lipinski definition) is 0. The van der Waals surface area contributed by atoms with Crippen LogP contribution in [-0.2, 0) is 16.5 Å². The average Bonchev–Trinajstić information content (AvgIpc) is 1.94. The van der Waals surface area contributed by atoms with Crippen molar-refractivity contribution >= 4 is 39.3 Å². The van der Waals surface area contributed by atoms with Crippen molar-refractivity contribution in [2.24, 2.45) is 0 Å². The maximum atomic E-state index is 5.55. The summed E-state index contributed by atoms with van der Waals surface area (Å²) in [5.41, 5.74) is 0. The lowest BCUT2D eigenvalue weighted by atomic mass is 10.6. The Morgan fingerprint density at radius 1 is 1.08 bits per heavy atom. The summed E-state index contributed by atoms with van der Waals surface area (Å²) in [7, 11) is -3.43. The zero-order valence-electron chi connectivity index (χ0n) is 7.25. The second-order valence-electron chi connectivity index (χ2n) is 2.31. The lowest BCUT2D eigenvalue weighted by Gasteiger charge is -2.19. The standard InChI is InChI=1S/C3H14O4Si4.H2O/c1-2-3-11-6-9-4-8-5-10-7-11;/h11H,2-3,8-10H2,1H3;1H2. The van der Waals surface area contributed by atoms with Gasteiger partial charge in [-0.2, -0.15) is 0 Å². The first-order valence-corrected chi connectivity index (χ1v) is 9.04. The first kappa shape index (κ1) is 12.7. The molecule has 0 saturated carbocycles. The van der Waals surface area contributed by atoms with E-state index in [2.05, 4.69) is 6.92 Å². The Morgan fingerprint density at radius 3 is 2.17 bits per heavy atom. The maximum Gasteiger partial charge on any atom is 0.303 e. The molecule has 0 aromatic heterocycles. The maximum absolute atomic E-state index is 5.55. The molecule has 0 radical (unpaired) electrons. The molecule has 0 aromatic rings. The van der Waals surface area contributed by atoms with Gasteiger partial charge in [-0.15, -0.1) is 0 Å². The van der Waals surface area contributed by atoms with Gasteiger partial charge in [-0.3, -0.25) is 0 Å². The molecule has 0 spiro atoms. The van der Waals surface area contributed by atoms with Crippen molar-refractivity contribution in [1.82, 2.24) is 0 Å². The molecule has 0 bridgehead atoms. The van der Waals surface area contributed by atoms with Crippen LogP contribution in [0.4, 0.5) is 0 Å². The molecular weight excluding hydrogens is 228 g/mol. The lowest BCUT2D eigenvalue weighted by molar-refractivity contribution is 0.328. The summed E-state index contributed by atoms with van der Waals surface area (Å²) in [5.74, 6) is 0. The molecule has 1 rings (SSSR count). The zero-order chi connectivity index (χ0) is 7.94. The molecule has 9 heteroatoms. The third-order valence-electron chi connectivity index (χ3n) is 1.37. The Kier molecular flexibility index (Phi) is 8.73. The van der Waals surface area contributed by atoms with Crippen LogP contribution in [-0.4, -0.2) is 44.8 Å². The number of rotatable bonds is 2. The quantitative estimate of drug-likeness (QED) is 0.482. The molecule has 5 nitrogen and oxygen atoms in total. The number of hydrogen-bond acceptors (Lipinski definition) is 4. The van der Waals surface area contributed by atoms with Gasteiger partial charge in [0, 0.05) is 0 Å². The molecule has 74 valence electrons. The van der Waals surface area contributed by atoms with Crippen molar-refractivity contribution in [3.63, 3.8) is 0 Å². The fourth-order valence-corrected chi connectivity index (χ4v) is 9.67. The zero-order valence-corrected chi connectivity index (χ0v) is 12.6. The van der Waals surface area contributed by atoms with E-state index in [-0.39, 0.29) is 5.48 Å². The molecular formula is C3H16O5Si4. The Bertz CT molecular complexity index is 96.7. The molecule has 0 aliphatic carbocycles. The minimum Gasteiger partial charge on any atom is -0.425 e. The molecule has 1 fully saturated rings. The van der Waals surface area contributed by atoms with Crippen molar-refractivity contribution in [2.75, 3.05) is 0 Å². The van der Waals surface area contributed by atoms with E-state index in [0.29, 0.717) is 0 Å². The first-order valence-electron chi connectivity index (χ1n) is 3.82. The van der Waals surface area contributed by atoms with Gasteiger partial charge >= 0.3 is 9.28 Å². The first-order chi connectivity index (χ1) is 5.43. The SMILES string of the molecule is CCC[SiH]1O[SiH2]O[SiH2]O[SiH2]O1.O. The minimum atomic E-state index is -1.30. The highest BCUT2D eigenvalue weighted by molar-refractivity contribution is 6.59. The van der Waals surface area contributed by atoms with Crippen molar-refractivity contribution in [2.45, 2.75) is 19.4 Å². The van der Waals surface area contributed by atoms with Gasteiger partial charge in [0.2, 0.25) is 0 Å². The van der Waals surface area contributed by atoms with Gasteiger partial charge in [0.1, 0.15) is 0 Å². The summed E-state index contributed by atoms with van der Waals surface area (Å²) in [4.78, 5) is 0. The third-order valence-corrected chi connectivity index (χ3v) is 9.14. The van der Waals surface area contributed by atoms with Crippen LogP contribution in [0.25, 0.3) is 0 Å². The molecule has 0 amide bonds. The normalized spacial score (nSPS) is 31.2. The largest absolute Gasteiger partial charge is 0.425 e. The Labute approximate surface area is 81.1 Å². The van der Waals surface area contributed by atoms with Gasteiger partial charge in [-0.25, -0.2) is 0 Å². The van der Waals surface area contributed by atoms with E-state index in [1.807, 2.05) is 0 Å². The van der Waals surface area contributed by atoms with Crippen LogP contribution in [0.1, 0.15) is 13.3 Å². The molecule has 2 N–H and O–H groups in total. The summed E-state index contributed by atoms with van der Waals surface area (Å²) in [5, 5.41) is 0. The van der Waals surface area contributed by atoms with E-state index in [1.54, 1.807) is 0 Å². The van der Waals surface area contributed by atoms with E-state index >= 15 is 0 Å². The monoisotopic (exact) mass is 244 g/mol. The van der Waals surface area contributed by atoms with E-state index in [4.69, 9.17) is 16.5 Å². The molecule has 1 aliphatic heterocycles. The molecule has 12 heavy (non-hydrogen) atoms. The topological polar surface area (TPSA) is 68.4 Å². The smallest absolute Gasteiger partial charge is 0.303 e. The Morgan fingerprint density at radius 2 is 1.67 bits per heavy atom. The highest BCUT2D eigenvalue weighted by atomic mass is 28.4. The molecule has 0 aromatic carbocycles. The van der Waals surface area contributed by atoms with Crippen LogP contribution in [0.15, 0.2) is 0 Å². The third kappa shape index (κ3) is 5.34. The predicted octanol–water partition coefficient (Wildman–Crippen LogP) is -3.13. The van der Waals surface area contributed by atoms with Crippen molar-refractivity contribution < 1.29 is 21.9 Å². The van der Waals surface area contributed by atoms with E-state index in [9.17, 15) is 0 Å². The van der Waals surface area contributed by atoms with Gasteiger partial charge in [-0.1, -0.05) is 13.3 Å². The van der Waals surface area contributed by atoms with Crippen molar-refractivity contribution in [1.29, 1.82) is 0 Å². The second-order valence-corrected chi connectivity index (χ2v) is 10.4. The highest BCUT2D eigenvalue weighted by Crippen LogP contribution is 2.00.